The monoisotopic (exact) mass is 692 g/mol. The molecular weight excluding hydrogens is 668 g/mol. The van der Waals surface area contributed by atoms with Gasteiger partial charge in [0.2, 0.25) is 12.5 Å². The van der Waals surface area contributed by atoms with Crippen LogP contribution in [0.4, 0.5) is 11.4 Å². The third-order valence-electron chi connectivity index (χ3n) is 7.84. The van der Waals surface area contributed by atoms with Crippen molar-refractivity contribution in [2.75, 3.05) is 13.4 Å². The number of esters is 1. The van der Waals surface area contributed by atoms with Crippen LogP contribution in [0.2, 0.25) is 0 Å². The van der Waals surface area contributed by atoms with Crippen molar-refractivity contribution in [2.24, 2.45) is 4.99 Å². The van der Waals surface area contributed by atoms with Crippen LogP contribution in [0, 0.1) is 20.2 Å². The van der Waals surface area contributed by atoms with E-state index in [1.54, 1.807) is 55.5 Å². The van der Waals surface area contributed by atoms with E-state index in [0.29, 0.717) is 43.2 Å². The standard InChI is InChI=1S/C35H24N4O10S/c1-2-46-34(41)30-31(21-6-4-3-5-7-21)36-35-37(32(30)22-10-14-27-28(17-22)48-19-47-27)33(40)29(50-35)16-20-8-12-24(13-9-20)49-26-15-11-23(38(42)43)18-25(26)39(44)45/h3-18,32H,2,19H2,1H3/b29-16-. The number of nitrogens with zero attached hydrogens (tertiary/aromatic N) is 4. The Morgan fingerprint density at radius 1 is 0.980 bits per heavy atom. The maximum atomic E-state index is 14.2. The highest BCUT2D eigenvalue weighted by Gasteiger charge is 2.36. The van der Waals surface area contributed by atoms with Gasteiger partial charge in [0.05, 0.1) is 44.4 Å². The largest absolute Gasteiger partial charge is 0.463 e. The first-order chi connectivity index (χ1) is 24.2. The SMILES string of the molecule is CCOC(=O)C1=C(c2ccccc2)N=c2s/c(=C\c3ccc(Oc4ccc([N+](=O)[O-])cc4[N+](=O)[O-])cc3)c(=O)n2C1c1ccc2c(c1)OCO2. The first kappa shape index (κ1) is 32.0. The molecule has 250 valence electrons. The summed E-state index contributed by atoms with van der Waals surface area (Å²) in [5.74, 6) is 0.469. The molecule has 0 N–H and O–H groups in total. The molecular formula is C35H24N4O10S. The van der Waals surface area contributed by atoms with Crippen molar-refractivity contribution in [3.63, 3.8) is 0 Å². The minimum Gasteiger partial charge on any atom is -0.463 e. The number of carbonyl (C=O) groups is 1. The van der Waals surface area contributed by atoms with Gasteiger partial charge in [0, 0.05) is 11.6 Å². The molecule has 0 radical (unpaired) electrons. The maximum absolute atomic E-state index is 14.2. The first-order valence-corrected chi connectivity index (χ1v) is 15.9. The quantitative estimate of drug-likeness (QED) is 0.112. The van der Waals surface area contributed by atoms with E-state index >= 15 is 0 Å². The second-order valence-electron chi connectivity index (χ2n) is 10.9. The molecule has 0 aliphatic carbocycles. The minimum atomic E-state index is -0.912. The van der Waals surface area contributed by atoms with Gasteiger partial charge in [-0.1, -0.05) is 59.9 Å². The highest BCUT2D eigenvalue weighted by molar-refractivity contribution is 7.07. The molecule has 0 saturated heterocycles. The topological polar surface area (TPSA) is 175 Å². The molecule has 15 heteroatoms. The highest BCUT2D eigenvalue weighted by Crippen LogP contribution is 2.40. The molecule has 14 nitrogen and oxygen atoms in total. The molecule has 4 aromatic carbocycles. The molecule has 0 amide bonds. The van der Waals surface area contributed by atoms with E-state index in [4.69, 9.17) is 23.9 Å². The van der Waals surface area contributed by atoms with Crippen molar-refractivity contribution >= 4 is 40.5 Å². The Hall–Kier alpha value is -6.61. The number of non-ortho nitro benzene ring substituents is 1. The Bertz CT molecular complexity index is 2400. The Morgan fingerprint density at radius 2 is 1.74 bits per heavy atom. The maximum Gasteiger partial charge on any atom is 0.338 e. The fourth-order valence-electron chi connectivity index (χ4n) is 5.60. The number of fused-ring (bicyclic) bond motifs is 2. The van der Waals surface area contributed by atoms with Gasteiger partial charge in [-0.05, 0) is 54.5 Å². The summed E-state index contributed by atoms with van der Waals surface area (Å²) in [6, 6.07) is 23.0. The number of rotatable bonds is 9. The van der Waals surface area contributed by atoms with Crippen LogP contribution in [0.15, 0.2) is 106 Å². The zero-order chi connectivity index (χ0) is 34.9. The van der Waals surface area contributed by atoms with Gasteiger partial charge in [0.25, 0.3) is 11.2 Å². The fraction of sp³-hybridized carbons (Fsp3) is 0.114. The lowest BCUT2D eigenvalue weighted by molar-refractivity contribution is -0.394. The number of thiazole rings is 1. The summed E-state index contributed by atoms with van der Waals surface area (Å²) in [4.78, 5) is 54.2. The van der Waals surface area contributed by atoms with E-state index < -0.39 is 38.8 Å². The van der Waals surface area contributed by atoms with Gasteiger partial charge in [-0.25, -0.2) is 9.79 Å². The third-order valence-corrected chi connectivity index (χ3v) is 8.82. The Kier molecular flexibility index (Phi) is 8.39. The summed E-state index contributed by atoms with van der Waals surface area (Å²) < 4.78 is 24.1. The predicted molar refractivity (Wildman–Crippen MR) is 180 cm³/mol. The summed E-state index contributed by atoms with van der Waals surface area (Å²) in [6.07, 6.45) is 1.66. The van der Waals surface area contributed by atoms with Crippen LogP contribution in [0.3, 0.4) is 0 Å². The summed E-state index contributed by atoms with van der Waals surface area (Å²) >= 11 is 1.15. The number of hydrogen-bond acceptors (Lipinski definition) is 12. The summed E-state index contributed by atoms with van der Waals surface area (Å²) in [5, 5.41) is 22.6. The summed E-state index contributed by atoms with van der Waals surface area (Å²) in [7, 11) is 0. The van der Waals surface area contributed by atoms with Crippen LogP contribution in [0.5, 0.6) is 23.0 Å². The molecule has 1 aromatic heterocycles. The molecule has 5 aromatic rings. The van der Waals surface area contributed by atoms with Crippen LogP contribution in [0.1, 0.15) is 29.7 Å². The van der Waals surface area contributed by atoms with Gasteiger partial charge in [-0.3, -0.25) is 29.6 Å². The van der Waals surface area contributed by atoms with E-state index in [1.165, 1.54) is 4.57 Å². The van der Waals surface area contributed by atoms with Crippen LogP contribution in [0.25, 0.3) is 11.8 Å². The van der Waals surface area contributed by atoms with Crippen molar-refractivity contribution in [3.05, 3.63) is 153 Å². The zero-order valence-corrected chi connectivity index (χ0v) is 26.8. The van der Waals surface area contributed by atoms with Crippen LogP contribution in [-0.4, -0.2) is 33.8 Å². The van der Waals surface area contributed by atoms with Gasteiger partial charge in [0.1, 0.15) is 5.75 Å². The second-order valence-corrected chi connectivity index (χ2v) is 11.9. The average Bonchev–Trinajstić information content (AvgIpc) is 3.72. The third kappa shape index (κ3) is 5.97. The average molecular weight is 693 g/mol. The van der Waals surface area contributed by atoms with Crippen LogP contribution in [-0.2, 0) is 9.53 Å². The van der Waals surface area contributed by atoms with Crippen molar-refractivity contribution in [1.82, 2.24) is 4.57 Å². The Morgan fingerprint density at radius 3 is 2.46 bits per heavy atom. The number of nitro groups is 2. The number of benzene rings is 4. The van der Waals surface area contributed by atoms with E-state index in [0.717, 1.165) is 29.5 Å². The zero-order valence-electron chi connectivity index (χ0n) is 26.0. The summed E-state index contributed by atoms with van der Waals surface area (Å²) in [5.41, 5.74) is 1.04. The van der Waals surface area contributed by atoms with E-state index in [9.17, 15) is 29.8 Å². The molecule has 2 aliphatic heterocycles. The minimum absolute atomic E-state index is 0.0476. The van der Waals surface area contributed by atoms with Crippen LogP contribution < -0.4 is 29.1 Å². The van der Waals surface area contributed by atoms with Crippen LogP contribution >= 0.6 is 11.3 Å². The molecule has 0 fully saturated rings. The number of carbonyl (C=O) groups excluding carboxylic acids is 1. The molecule has 0 spiro atoms. The molecule has 3 heterocycles. The molecule has 1 atom stereocenters. The lowest BCUT2D eigenvalue weighted by atomic mass is 9.93. The van der Waals surface area contributed by atoms with E-state index in [2.05, 4.69) is 0 Å². The lowest BCUT2D eigenvalue weighted by Gasteiger charge is -2.26. The smallest absolute Gasteiger partial charge is 0.338 e. The molecule has 2 aliphatic rings. The number of hydrogen-bond donors (Lipinski definition) is 0. The van der Waals surface area contributed by atoms with Crippen molar-refractivity contribution in [3.8, 4) is 23.0 Å². The van der Waals surface area contributed by atoms with Gasteiger partial charge >= 0.3 is 11.7 Å². The van der Waals surface area contributed by atoms with Crippen molar-refractivity contribution in [2.45, 2.75) is 13.0 Å². The molecule has 7 rings (SSSR count). The normalized spacial score (nSPS) is 14.9. The van der Waals surface area contributed by atoms with Gasteiger partial charge < -0.3 is 18.9 Å². The van der Waals surface area contributed by atoms with Gasteiger partial charge in [-0.15, -0.1) is 0 Å². The van der Waals surface area contributed by atoms with Crippen molar-refractivity contribution < 1.29 is 33.6 Å². The number of nitro benzene ring substituents is 2. The Labute approximate surface area is 285 Å². The molecule has 1 unspecified atom stereocenters. The van der Waals surface area contributed by atoms with Gasteiger partial charge in [-0.2, -0.15) is 0 Å². The molecule has 0 saturated carbocycles. The number of aromatic nitrogens is 1. The van der Waals surface area contributed by atoms with Gasteiger partial charge in [0.15, 0.2) is 16.3 Å². The molecule has 0 bridgehead atoms. The number of ether oxygens (including phenoxy) is 4. The predicted octanol–water partition coefficient (Wildman–Crippen LogP) is 5.27. The molecule has 50 heavy (non-hydrogen) atoms. The second kappa shape index (κ2) is 13.1. The van der Waals surface area contributed by atoms with E-state index in [1.807, 2.05) is 30.3 Å². The summed E-state index contributed by atoms with van der Waals surface area (Å²) in [6.45, 7) is 1.86. The first-order valence-electron chi connectivity index (χ1n) is 15.1. The van der Waals surface area contributed by atoms with Crippen molar-refractivity contribution in [1.29, 1.82) is 0 Å². The fourth-order valence-corrected chi connectivity index (χ4v) is 6.60. The lowest BCUT2D eigenvalue weighted by Crippen LogP contribution is -2.40. The highest BCUT2D eigenvalue weighted by atomic mass is 32.1. The van der Waals surface area contributed by atoms with E-state index in [-0.39, 0.29) is 30.5 Å². The Balaban J connectivity index is 1.32.